The molecular weight excluding hydrogens is 448 g/mol. The van der Waals surface area contributed by atoms with E-state index in [4.69, 9.17) is 16.3 Å². The Hall–Kier alpha value is -3.03. The standard InChI is InChI=1S/C24H25ClN2O4S/c1-4-18-7-5-6-16(2)24(18)26-23(28)15-31-22-13-12-21(14-17(22)3)32(29,30)27-20-10-8-19(25)9-11-20/h5-14,27H,4,15H2,1-3H3,(H,26,28). The highest BCUT2D eigenvalue weighted by atomic mass is 35.5. The van der Waals surface area contributed by atoms with E-state index in [1.807, 2.05) is 32.0 Å². The minimum atomic E-state index is -3.78. The molecule has 1 amide bonds. The van der Waals surface area contributed by atoms with Crippen LogP contribution in [0.5, 0.6) is 5.75 Å². The second-order valence-corrected chi connectivity index (χ2v) is 9.46. The number of aryl methyl sites for hydroxylation is 3. The van der Waals surface area contributed by atoms with E-state index in [9.17, 15) is 13.2 Å². The Morgan fingerprint density at radius 1 is 1.00 bits per heavy atom. The van der Waals surface area contributed by atoms with Crippen molar-refractivity contribution >= 4 is 38.9 Å². The third-order valence-corrected chi connectivity index (χ3v) is 6.55. The van der Waals surface area contributed by atoms with Crippen molar-refractivity contribution in [2.75, 3.05) is 16.6 Å². The molecule has 0 aliphatic carbocycles. The van der Waals surface area contributed by atoms with Gasteiger partial charge in [-0.3, -0.25) is 9.52 Å². The molecule has 0 saturated heterocycles. The SMILES string of the molecule is CCc1cccc(C)c1NC(=O)COc1ccc(S(=O)(=O)Nc2ccc(Cl)cc2)cc1C. The van der Waals surface area contributed by atoms with Gasteiger partial charge in [0.1, 0.15) is 5.75 Å². The van der Waals surface area contributed by atoms with Gasteiger partial charge in [-0.2, -0.15) is 0 Å². The predicted octanol–water partition coefficient (Wildman–Crippen LogP) is 5.34. The largest absolute Gasteiger partial charge is 0.483 e. The molecule has 0 radical (unpaired) electrons. The number of anilines is 2. The molecule has 0 saturated carbocycles. The lowest BCUT2D eigenvalue weighted by atomic mass is 10.1. The zero-order valence-corrected chi connectivity index (χ0v) is 19.7. The maximum atomic E-state index is 12.7. The van der Waals surface area contributed by atoms with E-state index < -0.39 is 10.0 Å². The Kier molecular flexibility index (Phi) is 7.43. The number of rotatable bonds is 8. The van der Waals surface area contributed by atoms with E-state index in [2.05, 4.69) is 10.0 Å². The van der Waals surface area contributed by atoms with Crippen LogP contribution in [0.4, 0.5) is 11.4 Å². The van der Waals surface area contributed by atoms with Crippen LogP contribution in [0, 0.1) is 13.8 Å². The van der Waals surface area contributed by atoms with Gasteiger partial charge in [-0.1, -0.05) is 36.7 Å². The van der Waals surface area contributed by atoms with Crippen molar-refractivity contribution in [1.82, 2.24) is 0 Å². The first-order valence-corrected chi connectivity index (χ1v) is 12.0. The Morgan fingerprint density at radius 2 is 1.72 bits per heavy atom. The van der Waals surface area contributed by atoms with Gasteiger partial charge in [0.2, 0.25) is 0 Å². The number of carbonyl (C=O) groups excluding carboxylic acids is 1. The molecule has 3 aromatic carbocycles. The highest BCUT2D eigenvalue weighted by molar-refractivity contribution is 7.92. The van der Waals surface area contributed by atoms with E-state index >= 15 is 0 Å². The fourth-order valence-electron chi connectivity index (χ4n) is 3.20. The van der Waals surface area contributed by atoms with E-state index in [1.165, 1.54) is 12.1 Å². The summed E-state index contributed by atoms with van der Waals surface area (Å²) in [6.07, 6.45) is 0.803. The number of nitrogens with one attached hydrogen (secondary N) is 2. The molecule has 6 nitrogen and oxygen atoms in total. The van der Waals surface area contributed by atoms with Gasteiger partial charge < -0.3 is 10.1 Å². The number of ether oxygens (including phenoxy) is 1. The first kappa shape index (κ1) is 23.6. The number of hydrogen-bond acceptors (Lipinski definition) is 4. The molecule has 0 aliphatic heterocycles. The zero-order valence-electron chi connectivity index (χ0n) is 18.1. The number of carbonyl (C=O) groups is 1. The summed E-state index contributed by atoms with van der Waals surface area (Å²) in [5, 5.41) is 3.42. The number of sulfonamides is 1. The van der Waals surface area contributed by atoms with Gasteiger partial charge >= 0.3 is 0 Å². The Bertz CT molecular complexity index is 1230. The molecule has 0 spiro atoms. The normalized spacial score (nSPS) is 11.1. The minimum Gasteiger partial charge on any atom is -0.483 e. The third kappa shape index (κ3) is 5.81. The van der Waals surface area contributed by atoms with Crippen LogP contribution in [-0.4, -0.2) is 20.9 Å². The van der Waals surface area contributed by atoms with Gasteiger partial charge in [0.25, 0.3) is 15.9 Å². The van der Waals surface area contributed by atoms with Crippen LogP contribution >= 0.6 is 11.6 Å². The summed E-state index contributed by atoms with van der Waals surface area (Å²) >= 11 is 5.84. The highest BCUT2D eigenvalue weighted by Crippen LogP contribution is 2.25. The molecule has 32 heavy (non-hydrogen) atoms. The molecule has 0 heterocycles. The predicted molar refractivity (Wildman–Crippen MR) is 128 cm³/mol. The van der Waals surface area contributed by atoms with E-state index in [-0.39, 0.29) is 17.4 Å². The molecular formula is C24H25ClN2O4S. The van der Waals surface area contributed by atoms with E-state index in [1.54, 1.807) is 37.3 Å². The lowest BCUT2D eigenvalue weighted by Crippen LogP contribution is -2.21. The lowest BCUT2D eigenvalue weighted by molar-refractivity contribution is -0.118. The van der Waals surface area contributed by atoms with Crippen molar-refractivity contribution in [3.05, 3.63) is 82.4 Å². The minimum absolute atomic E-state index is 0.0919. The quantitative estimate of drug-likeness (QED) is 0.463. The molecule has 0 fully saturated rings. The molecule has 8 heteroatoms. The smallest absolute Gasteiger partial charge is 0.262 e. The lowest BCUT2D eigenvalue weighted by Gasteiger charge is -2.14. The van der Waals surface area contributed by atoms with Gasteiger partial charge in [0, 0.05) is 16.4 Å². The summed E-state index contributed by atoms with van der Waals surface area (Å²) in [6, 6.07) is 16.7. The molecule has 3 aromatic rings. The average molecular weight is 473 g/mol. The molecule has 0 bridgehead atoms. The van der Waals surface area contributed by atoms with Gasteiger partial charge in [-0.25, -0.2) is 8.42 Å². The Labute approximate surface area is 193 Å². The van der Waals surface area contributed by atoms with Crippen LogP contribution in [0.2, 0.25) is 5.02 Å². The average Bonchev–Trinajstić information content (AvgIpc) is 2.75. The topological polar surface area (TPSA) is 84.5 Å². The molecule has 0 aliphatic rings. The van der Waals surface area contributed by atoms with Crippen LogP contribution in [-0.2, 0) is 21.2 Å². The fourth-order valence-corrected chi connectivity index (χ4v) is 4.47. The van der Waals surface area contributed by atoms with Crippen LogP contribution in [0.15, 0.2) is 65.6 Å². The van der Waals surface area contributed by atoms with Gasteiger partial charge in [-0.05, 0) is 79.4 Å². The van der Waals surface area contributed by atoms with Crippen molar-refractivity contribution < 1.29 is 17.9 Å². The summed E-state index contributed by atoms with van der Waals surface area (Å²) in [5.74, 6) is 0.153. The van der Waals surface area contributed by atoms with Crippen LogP contribution in [0.3, 0.4) is 0 Å². The summed E-state index contributed by atoms with van der Waals surface area (Å²) in [4.78, 5) is 12.5. The van der Waals surface area contributed by atoms with Gasteiger partial charge in [0.15, 0.2) is 6.61 Å². The van der Waals surface area contributed by atoms with E-state index in [0.717, 1.165) is 23.2 Å². The Balaban J connectivity index is 1.66. The number of benzene rings is 3. The molecule has 0 unspecified atom stereocenters. The van der Waals surface area contributed by atoms with Crippen molar-refractivity contribution in [2.45, 2.75) is 32.1 Å². The monoisotopic (exact) mass is 472 g/mol. The van der Waals surface area contributed by atoms with Gasteiger partial charge in [-0.15, -0.1) is 0 Å². The van der Waals surface area contributed by atoms with E-state index in [0.29, 0.717) is 22.0 Å². The second kappa shape index (κ2) is 10.1. The van der Waals surface area contributed by atoms with Crippen molar-refractivity contribution in [3.8, 4) is 5.75 Å². The third-order valence-electron chi connectivity index (χ3n) is 4.92. The molecule has 0 atom stereocenters. The summed E-state index contributed by atoms with van der Waals surface area (Å²) in [7, 11) is -3.78. The first-order valence-electron chi connectivity index (χ1n) is 10.1. The summed E-state index contributed by atoms with van der Waals surface area (Å²) < 4.78 is 33.5. The maximum absolute atomic E-state index is 12.7. The fraction of sp³-hybridized carbons (Fsp3) is 0.208. The molecule has 2 N–H and O–H groups in total. The zero-order chi connectivity index (χ0) is 23.3. The molecule has 3 rings (SSSR count). The number of amides is 1. The van der Waals surface area contributed by atoms with Crippen LogP contribution in [0.1, 0.15) is 23.6 Å². The summed E-state index contributed by atoms with van der Waals surface area (Å²) in [6.45, 7) is 5.51. The van der Waals surface area contributed by atoms with Crippen molar-refractivity contribution in [2.24, 2.45) is 0 Å². The summed E-state index contributed by atoms with van der Waals surface area (Å²) in [5.41, 5.74) is 3.84. The highest BCUT2D eigenvalue weighted by Gasteiger charge is 2.16. The van der Waals surface area contributed by atoms with Crippen molar-refractivity contribution in [3.63, 3.8) is 0 Å². The number of halogens is 1. The maximum Gasteiger partial charge on any atom is 0.262 e. The number of para-hydroxylation sites is 1. The molecule has 168 valence electrons. The van der Waals surface area contributed by atoms with Crippen molar-refractivity contribution in [1.29, 1.82) is 0 Å². The number of hydrogen-bond donors (Lipinski definition) is 2. The van der Waals surface area contributed by atoms with Crippen LogP contribution < -0.4 is 14.8 Å². The second-order valence-electron chi connectivity index (χ2n) is 7.34. The van der Waals surface area contributed by atoms with Gasteiger partial charge in [0.05, 0.1) is 4.90 Å². The van der Waals surface area contributed by atoms with Crippen LogP contribution in [0.25, 0.3) is 0 Å². The molecule has 0 aromatic heterocycles. The Morgan fingerprint density at radius 3 is 2.38 bits per heavy atom. The first-order chi connectivity index (χ1) is 15.2.